The molecular formula is C16H20N4O2. The van der Waals surface area contributed by atoms with Crippen LogP contribution in [0.3, 0.4) is 0 Å². The third-order valence-electron chi connectivity index (χ3n) is 3.12. The Morgan fingerprint density at radius 2 is 1.91 bits per heavy atom. The summed E-state index contributed by atoms with van der Waals surface area (Å²) in [5, 5.41) is 10.7. The van der Waals surface area contributed by atoms with Gasteiger partial charge in [0.15, 0.2) is 11.5 Å². The molecule has 0 unspecified atom stereocenters. The van der Waals surface area contributed by atoms with E-state index in [9.17, 15) is 9.59 Å². The molecule has 0 aliphatic heterocycles. The highest BCUT2D eigenvalue weighted by Crippen LogP contribution is 2.22. The number of hydrogen-bond donors (Lipinski definition) is 1. The summed E-state index contributed by atoms with van der Waals surface area (Å²) in [5.74, 6) is 0.0552. The van der Waals surface area contributed by atoms with Crippen LogP contribution in [0.15, 0.2) is 30.3 Å². The van der Waals surface area contributed by atoms with Crippen LogP contribution in [0, 0.1) is 5.92 Å². The number of rotatable bonds is 6. The van der Waals surface area contributed by atoms with Crippen LogP contribution in [0.2, 0.25) is 0 Å². The molecule has 1 amide bonds. The molecule has 2 rings (SSSR count). The number of ketones is 1. The first-order chi connectivity index (χ1) is 10.5. The maximum absolute atomic E-state index is 12.0. The molecule has 0 aliphatic rings. The molecule has 6 nitrogen and oxygen atoms in total. The molecule has 0 saturated carbocycles. The van der Waals surface area contributed by atoms with Gasteiger partial charge in [0.05, 0.1) is 0 Å². The zero-order valence-electron chi connectivity index (χ0n) is 13.0. The number of nitrogens with one attached hydrogen (secondary N) is 1. The summed E-state index contributed by atoms with van der Waals surface area (Å²) in [7, 11) is 0. The van der Waals surface area contributed by atoms with Gasteiger partial charge >= 0.3 is 0 Å². The molecule has 0 bridgehead atoms. The van der Waals surface area contributed by atoms with Crippen LogP contribution in [0.4, 0.5) is 0 Å². The average Bonchev–Trinajstić information content (AvgIpc) is 2.90. The molecule has 1 N–H and O–H groups in total. The fraction of sp³-hybridized carbons (Fsp3) is 0.375. The minimum atomic E-state index is -0.173. The summed E-state index contributed by atoms with van der Waals surface area (Å²) in [6.07, 6.45) is 0. The number of benzene rings is 1. The SMILES string of the molecule is CC(=O)c1nnn(CC(=O)NCC(C)C)c1-c1ccccc1. The number of carbonyl (C=O) groups excluding carboxylic acids is 2. The third kappa shape index (κ3) is 3.78. The Hall–Kier alpha value is -2.50. The minimum absolute atomic E-state index is 0.0389. The first-order valence-corrected chi connectivity index (χ1v) is 7.25. The molecule has 0 atom stereocenters. The quantitative estimate of drug-likeness (QED) is 0.827. The largest absolute Gasteiger partial charge is 0.354 e. The monoisotopic (exact) mass is 300 g/mol. The number of aromatic nitrogens is 3. The normalized spacial score (nSPS) is 10.7. The van der Waals surface area contributed by atoms with Crippen LogP contribution in [0.1, 0.15) is 31.3 Å². The van der Waals surface area contributed by atoms with E-state index in [1.54, 1.807) is 0 Å². The van der Waals surface area contributed by atoms with Crippen LogP contribution in [0.25, 0.3) is 11.3 Å². The smallest absolute Gasteiger partial charge is 0.241 e. The molecule has 116 valence electrons. The van der Waals surface area contributed by atoms with Gasteiger partial charge in [0.2, 0.25) is 5.91 Å². The van der Waals surface area contributed by atoms with E-state index in [1.165, 1.54) is 11.6 Å². The maximum atomic E-state index is 12.0. The molecule has 22 heavy (non-hydrogen) atoms. The second-order valence-electron chi connectivity index (χ2n) is 5.56. The number of carbonyl (C=O) groups is 2. The second-order valence-corrected chi connectivity index (χ2v) is 5.56. The summed E-state index contributed by atoms with van der Waals surface area (Å²) in [4.78, 5) is 23.7. The fourth-order valence-electron chi connectivity index (χ4n) is 2.05. The highest BCUT2D eigenvalue weighted by molar-refractivity contribution is 5.98. The zero-order valence-corrected chi connectivity index (χ0v) is 13.0. The lowest BCUT2D eigenvalue weighted by Crippen LogP contribution is -2.31. The van der Waals surface area contributed by atoms with Crippen molar-refractivity contribution in [2.24, 2.45) is 5.92 Å². The van der Waals surface area contributed by atoms with Gasteiger partial charge in [0.25, 0.3) is 0 Å². The Kier molecular flexibility index (Phi) is 5.04. The fourth-order valence-corrected chi connectivity index (χ4v) is 2.05. The van der Waals surface area contributed by atoms with Gasteiger partial charge in [0, 0.05) is 19.0 Å². The molecular weight excluding hydrogens is 280 g/mol. The van der Waals surface area contributed by atoms with Crippen molar-refractivity contribution < 1.29 is 9.59 Å². The number of hydrogen-bond acceptors (Lipinski definition) is 4. The Balaban J connectivity index is 2.29. The topological polar surface area (TPSA) is 76.9 Å². The highest BCUT2D eigenvalue weighted by atomic mass is 16.2. The average molecular weight is 300 g/mol. The Morgan fingerprint density at radius 3 is 2.50 bits per heavy atom. The first kappa shape index (κ1) is 15.9. The van der Waals surface area contributed by atoms with Gasteiger partial charge in [-0.2, -0.15) is 0 Å². The first-order valence-electron chi connectivity index (χ1n) is 7.25. The molecule has 1 heterocycles. The Labute approximate surface area is 129 Å². The lowest BCUT2D eigenvalue weighted by Gasteiger charge is -2.10. The van der Waals surface area contributed by atoms with Crippen LogP contribution in [0.5, 0.6) is 0 Å². The van der Waals surface area contributed by atoms with E-state index in [0.29, 0.717) is 18.2 Å². The van der Waals surface area contributed by atoms with Gasteiger partial charge in [-0.15, -0.1) is 5.10 Å². The third-order valence-corrected chi connectivity index (χ3v) is 3.12. The van der Waals surface area contributed by atoms with Gasteiger partial charge in [-0.1, -0.05) is 49.4 Å². The van der Waals surface area contributed by atoms with Crippen LogP contribution < -0.4 is 5.32 Å². The lowest BCUT2D eigenvalue weighted by molar-refractivity contribution is -0.122. The van der Waals surface area contributed by atoms with Crippen LogP contribution >= 0.6 is 0 Å². The molecule has 2 aromatic rings. The standard InChI is InChI=1S/C16H20N4O2/c1-11(2)9-17-14(22)10-20-16(13-7-5-4-6-8-13)15(12(3)21)18-19-20/h4-8,11H,9-10H2,1-3H3,(H,17,22). The molecule has 1 aromatic heterocycles. The van der Waals surface area contributed by atoms with Crippen LogP contribution in [-0.2, 0) is 11.3 Å². The van der Waals surface area contributed by atoms with Crippen molar-refractivity contribution in [3.8, 4) is 11.3 Å². The van der Waals surface area contributed by atoms with E-state index in [2.05, 4.69) is 15.6 Å². The minimum Gasteiger partial charge on any atom is -0.354 e. The summed E-state index contributed by atoms with van der Waals surface area (Å²) < 4.78 is 1.47. The van der Waals surface area contributed by atoms with Crippen molar-refractivity contribution in [1.82, 2.24) is 20.3 Å². The Bertz CT molecular complexity index is 662. The van der Waals surface area contributed by atoms with E-state index in [4.69, 9.17) is 0 Å². The second kappa shape index (κ2) is 6.98. The summed E-state index contributed by atoms with van der Waals surface area (Å²) >= 11 is 0. The summed E-state index contributed by atoms with van der Waals surface area (Å²) in [6, 6.07) is 9.37. The van der Waals surface area contributed by atoms with E-state index in [0.717, 1.165) is 5.56 Å². The van der Waals surface area contributed by atoms with Crippen LogP contribution in [-0.4, -0.2) is 33.2 Å². The van der Waals surface area contributed by atoms with Gasteiger partial charge in [-0.3, -0.25) is 9.59 Å². The number of nitrogens with zero attached hydrogens (tertiary/aromatic N) is 3. The van der Waals surface area contributed by atoms with Gasteiger partial charge < -0.3 is 5.32 Å². The van der Waals surface area contributed by atoms with Gasteiger partial charge in [-0.05, 0) is 5.92 Å². The van der Waals surface area contributed by atoms with Crippen molar-refractivity contribution in [1.29, 1.82) is 0 Å². The molecule has 0 fully saturated rings. The summed E-state index contributed by atoms with van der Waals surface area (Å²) in [6.45, 7) is 6.14. The van der Waals surface area contributed by atoms with Crippen molar-refractivity contribution in [3.05, 3.63) is 36.0 Å². The van der Waals surface area contributed by atoms with E-state index < -0.39 is 0 Å². The summed E-state index contributed by atoms with van der Waals surface area (Å²) in [5.41, 5.74) is 1.67. The van der Waals surface area contributed by atoms with Gasteiger partial charge in [0.1, 0.15) is 12.2 Å². The highest BCUT2D eigenvalue weighted by Gasteiger charge is 2.19. The Morgan fingerprint density at radius 1 is 1.23 bits per heavy atom. The molecule has 0 saturated heterocycles. The predicted octanol–water partition coefficient (Wildman–Crippen LogP) is 1.92. The molecule has 0 spiro atoms. The molecule has 1 aromatic carbocycles. The molecule has 6 heteroatoms. The predicted molar refractivity (Wildman–Crippen MR) is 83.3 cm³/mol. The molecule has 0 radical (unpaired) electrons. The van der Waals surface area contributed by atoms with Crippen molar-refractivity contribution in [3.63, 3.8) is 0 Å². The number of Topliss-reactive ketones (excluding diaryl/α,β-unsaturated/α-hetero) is 1. The van der Waals surface area contributed by atoms with E-state index in [-0.39, 0.29) is 23.9 Å². The number of amides is 1. The maximum Gasteiger partial charge on any atom is 0.241 e. The zero-order chi connectivity index (χ0) is 16.1. The van der Waals surface area contributed by atoms with Crippen molar-refractivity contribution >= 4 is 11.7 Å². The lowest BCUT2D eigenvalue weighted by atomic mass is 10.1. The van der Waals surface area contributed by atoms with Crippen molar-refractivity contribution in [2.75, 3.05) is 6.54 Å². The van der Waals surface area contributed by atoms with E-state index >= 15 is 0 Å². The van der Waals surface area contributed by atoms with Crippen molar-refractivity contribution in [2.45, 2.75) is 27.3 Å². The van der Waals surface area contributed by atoms with Gasteiger partial charge in [-0.25, -0.2) is 4.68 Å². The van der Waals surface area contributed by atoms with E-state index in [1.807, 2.05) is 44.2 Å². The molecule has 0 aliphatic carbocycles.